The number of aromatic nitrogens is 3. The van der Waals surface area contributed by atoms with Crippen LogP contribution in [0.2, 0.25) is 0 Å². The van der Waals surface area contributed by atoms with Crippen molar-refractivity contribution < 1.29 is 4.74 Å². The summed E-state index contributed by atoms with van der Waals surface area (Å²) in [5, 5.41) is 13.0. The van der Waals surface area contributed by atoms with Gasteiger partial charge in [0.25, 0.3) is 0 Å². The third kappa shape index (κ3) is 4.12. The van der Waals surface area contributed by atoms with Crippen LogP contribution in [0.25, 0.3) is 11.3 Å². The van der Waals surface area contributed by atoms with Gasteiger partial charge in [-0.15, -0.1) is 10.2 Å². The average Bonchev–Trinajstić information content (AvgIpc) is 2.81. The maximum Gasteiger partial charge on any atom is 0.247 e. The predicted molar refractivity (Wildman–Crippen MR) is 122 cm³/mol. The second kappa shape index (κ2) is 8.32. The molecule has 0 saturated heterocycles. The Morgan fingerprint density at radius 1 is 1.10 bits per heavy atom. The van der Waals surface area contributed by atoms with Crippen LogP contribution in [0.15, 0.2) is 40.0 Å². The maximum atomic E-state index is 6.43. The molecule has 1 aliphatic rings. The Balaban J connectivity index is 1.86. The van der Waals surface area contributed by atoms with E-state index in [9.17, 15) is 0 Å². The number of thioether (sulfide) groups is 1. The lowest BCUT2D eigenvalue weighted by Crippen LogP contribution is -2.19. The fourth-order valence-electron chi connectivity index (χ4n) is 3.66. The van der Waals surface area contributed by atoms with Crippen molar-refractivity contribution in [2.45, 2.75) is 45.5 Å². The summed E-state index contributed by atoms with van der Waals surface area (Å²) in [7, 11) is 0. The number of halogens is 1. The van der Waals surface area contributed by atoms with Gasteiger partial charge in [0.1, 0.15) is 0 Å². The van der Waals surface area contributed by atoms with E-state index in [1.54, 1.807) is 11.8 Å². The molecule has 1 aromatic heterocycles. The first-order valence-electron chi connectivity index (χ1n) is 9.64. The summed E-state index contributed by atoms with van der Waals surface area (Å²) in [6.45, 7) is 8.49. The van der Waals surface area contributed by atoms with E-state index >= 15 is 0 Å². The van der Waals surface area contributed by atoms with Gasteiger partial charge in [0.05, 0.1) is 0 Å². The Morgan fingerprint density at radius 3 is 2.59 bits per heavy atom. The van der Waals surface area contributed by atoms with Crippen molar-refractivity contribution in [2.24, 2.45) is 0 Å². The number of rotatable bonds is 4. The molecule has 2 aromatic carbocycles. The molecule has 0 fully saturated rings. The summed E-state index contributed by atoms with van der Waals surface area (Å²) in [6.07, 6.45) is 0.686. The SMILES string of the molecule is CCCSc1nnc2c(n1)O[C@@H](c1c(C)cc(C)cc1C)Nc1ccc(Br)cc1-2. The van der Waals surface area contributed by atoms with Gasteiger partial charge in [-0.3, -0.25) is 0 Å². The van der Waals surface area contributed by atoms with Crippen LogP contribution in [-0.2, 0) is 0 Å². The lowest BCUT2D eigenvalue weighted by atomic mass is 9.98. The number of nitrogens with one attached hydrogen (secondary N) is 1. The molecule has 1 atom stereocenters. The molecule has 0 spiro atoms. The van der Waals surface area contributed by atoms with Crippen LogP contribution < -0.4 is 10.1 Å². The van der Waals surface area contributed by atoms with Crippen LogP contribution in [0, 0.1) is 20.8 Å². The van der Waals surface area contributed by atoms with E-state index in [1.165, 1.54) is 16.7 Å². The Labute approximate surface area is 183 Å². The first-order valence-corrected chi connectivity index (χ1v) is 11.4. The highest BCUT2D eigenvalue weighted by molar-refractivity contribution is 9.10. The molecular weight excluding hydrogens is 448 g/mol. The van der Waals surface area contributed by atoms with Gasteiger partial charge in [-0.2, -0.15) is 4.98 Å². The van der Waals surface area contributed by atoms with Gasteiger partial charge >= 0.3 is 0 Å². The highest BCUT2D eigenvalue weighted by Crippen LogP contribution is 2.41. The largest absolute Gasteiger partial charge is 0.448 e. The van der Waals surface area contributed by atoms with Gasteiger partial charge in [0, 0.05) is 27.0 Å². The molecule has 1 N–H and O–H groups in total. The molecule has 2 heterocycles. The molecule has 0 amide bonds. The van der Waals surface area contributed by atoms with E-state index in [0.717, 1.165) is 33.5 Å². The lowest BCUT2D eigenvalue weighted by molar-refractivity contribution is 0.224. The zero-order valence-corrected chi connectivity index (χ0v) is 19.3. The summed E-state index contributed by atoms with van der Waals surface area (Å²) in [6, 6.07) is 10.4. The minimum absolute atomic E-state index is 0.363. The summed E-state index contributed by atoms with van der Waals surface area (Å²) in [5.41, 5.74) is 7.25. The van der Waals surface area contributed by atoms with E-state index in [0.29, 0.717) is 16.7 Å². The molecule has 29 heavy (non-hydrogen) atoms. The van der Waals surface area contributed by atoms with Gasteiger partial charge in [0.15, 0.2) is 11.9 Å². The number of aryl methyl sites for hydroxylation is 3. The Hall–Kier alpha value is -2.12. The van der Waals surface area contributed by atoms with Crippen molar-refractivity contribution in [2.75, 3.05) is 11.1 Å². The number of benzene rings is 2. The van der Waals surface area contributed by atoms with E-state index in [2.05, 4.69) is 71.3 Å². The topological polar surface area (TPSA) is 59.9 Å². The zero-order valence-electron chi connectivity index (χ0n) is 16.9. The van der Waals surface area contributed by atoms with Gasteiger partial charge in [-0.05, 0) is 56.5 Å². The van der Waals surface area contributed by atoms with Crippen LogP contribution in [0.3, 0.4) is 0 Å². The summed E-state index contributed by atoms with van der Waals surface area (Å²) < 4.78 is 7.40. The van der Waals surface area contributed by atoms with Gasteiger partial charge in [-0.25, -0.2) is 0 Å². The normalized spacial score (nSPS) is 15.0. The minimum Gasteiger partial charge on any atom is -0.448 e. The molecule has 0 radical (unpaired) electrons. The minimum atomic E-state index is -0.363. The Bertz CT molecular complexity index is 1050. The van der Waals surface area contributed by atoms with E-state index in [1.807, 2.05) is 18.2 Å². The molecule has 3 aromatic rings. The van der Waals surface area contributed by atoms with Gasteiger partial charge < -0.3 is 10.1 Å². The molecule has 7 heteroatoms. The third-order valence-electron chi connectivity index (χ3n) is 4.82. The number of nitrogens with zero attached hydrogens (tertiary/aromatic N) is 3. The van der Waals surface area contributed by atoms with Crippen molar-refractivity contribution in [1.29, 1.82) is 0 Å². The second-order valence-corrected chi connectivity index (χ2v) is 9.22. The van der Waals surface area contributed by atoms with Crippen LogP contribution in [-0.4, -0.2) is 20.9 Å². The lowest BCUT2D eigenvalue weighted by Gasteiger charge is -2.23. The number of hydrogen-bond donors (Lipinski definition) is 1. The quantitative estimate of drug-likeness (QED) is 0.455. The van der Waals surface area contributed by atoms with Gasteiger partial charge in [-0.1, -0.05) is 52.3 Å². The Kier molecular flexibility index (Phi) is 5.79. The monoisotopic (exact) mass is 470 g/mol. The van der Waals surface area contributed by atoms with Crippen molar-refractivity contribution in [3.63, 3.8) is 0 Å². The summed E-state index contributed by atoms with van der Waals surface area (Å²) in [4.78, 5) is 4.70. The highest BCUT2D eigenvalue weighted by Gasteiger charge is 2.28. The molecule has 5 nitrogen and oxygen atoms in total. The first-order chi connectivity index (χ1) is 14.0. The van der Waals surface area contributed by atoms with Crippen LogP contribution in [0.4, 0.5) is 5.69 Å². The molecule has 0 bridgehead atoms. The Morgan fingerprint density at radius 2 is 1.86 bits per heavy atom. The molecule has 0 saturated carbocycles. The summed E-state index contributed by atoms with van der Waals surface area (Å²) >= 11 is 5.16. The van der Waals surface area contributed by atoms with E-state index in [4.69, 9.17) is 9.72 Å². The van der Waals surface area contributed by atoms with Crippen molar-refractivity contribution in [1.82, 2.24) is 15.2 Å². The van der Waals surface area contributed by atoms with Crippen molar-refractivity contribution in [3.05, 3.63) is 57.1 Å². The fourth-order valence-corrected chi connectivity index (χ4v) is 4.65. The first kappa shape index (κ1) is 20.2. The number of anilines is 1. The van der Waals surface area contributed by atoms with E-state index in [-0.39, 0.29) is 6.23 Å². The molecule has 150 valence electrons. The second-order valence-electron chi connectivity index (χ2n) is 7.24. The highest BCUT2D eigenvalue weighted by atomic mass is 79.9. The molecule has 0 aliphatic carbocycles. The van der Waals surface area contributed by atoms with Crippen LogP contribution >= 0.6 is 27.7 Å². The molecule has 0 unspecified atom stereocenters. The summed E-state index contributed by atoms with van der Waals surface area (Å²) in [5.74, 6) is 1.45. The third-order valence-corrected chi connectivity index (χ3v) is 6.36. The molecule has 1 aliphatic heterocycles. The molecule has 4 rings (SSSR count). The van der Waals surface area contributed by atoms with Gasteiger partial charge in [0.2, 0.25) is 11.0 Å². The standard InChI is InChI=1S/C22H23BrN4OS/c1-5-8-29-22-25-21-19(26-27-22)16-11-15(23)6-7-17(16)24-20(28-21)18-13(3)9-12(2)10-14(18)4/h6-7,9-11,20,24H,5,8H2,1-4H3/t20-/m0/s1. The number of hydrogen-bond acceptors (Lipinski definition) is 6. The van der Waals surface area contributed by atoms with E-state index < -0.39 is 0 Å². The maximum absolute atomic E-state index is 6.43. The average molecular weight is 471 g/mol. The predicted octanol–water partition coefficient (Wildman–Crippen LogP) is 6.23. The fraction of sp³-hybridized carbons (Fsp3) is 0.318. The van der Waals surface area contributed by atoms with Crippen LogP contribution in [0.1, 0.15) is 41.8 Å². The van der Waals surface area contributed by atoms with Crippen LogP contribution in [0.5, 0.6) is 5.88 Å². The zero-order chi connectivity index (χ0) is 20.5. The molecular formula is C22H23BrN4OS. The van der Waals surface area contributed by atoms with Crippen molar-refractivity contribution >= 4 is 33.4 Å². The smallest absolute Gasteiger partial charge is 0.247 e. The van der Waals surface area contributed by atoms with Crippen molar-refractivity contribution in [3.8, 4) is 17.1 Å². The number of fused-ring (bicyclic) bond motifs is 3. The number of ether oxygens (including phenoxy) is 1.